The molecule has 0 unspecified atom stereocenters. The average Bonchev–Trinajstić information content (AvgIpc) is 3.52. The molecule has 3 aromatic carbocycles. The van der Waals surface area contributed by atoms with E-state index in [1.807, 2.05) is 30.3 Å². The van der Waals surface area contributed by atoms with Crippen molar-refractivity contribution >= 4 is 5.97 Å². The van der Waals surface area contributed by atoms with Crippen LogP contribution in [0.3, 0.4) is 0 Å². The van der Waals surface area contributed by atoms with Crippen LogP contribution in [0.15, 0.2) is 66.7 Å². The van der Waals surface area contributed by atoms with Crippen LogP contribution in [0.5, 0.6) is 5.75 Å². The predicted molar refractivity (Wildman–Crippen MR) is 120 cm³/mol. The lowest BCUT2D eigenvalue weighted by molar-refractivity contribution is -0.137. The molecule has 0 aromatic heterocycles. The molecular formula is C27H27FO3. The zero-order chi connectivity index (χ0) is 21.8. The Kier molecular flexibility index (Phi) is 6.08. The summed E-state index contributed by atoms with van der Waals surface area (Å²) in [5, 5.41) is 8.74. The predicted octanol–water partition coefficient (Wildman–Crippen LogP) is 6.53. The first-order chi connectivity index (χ1) is 14.9. The highest BCUT2D eigenvalue weighted by Crippen LogP contribution is 2.47. The molecule has 3 nitrogen and oxygen atoms in total. The third-order valence-corrected chi connectivity index (χ3v) is 6.13. The Labute approximate surface area is 182 Å². The minimum atomic E-state index is -0.776. The first kappa shape index (κ1) is 21.1. The number of benzene rings is 3. The molecule has 1 fully saturated rings. The van der Waals surface area contributed by atoms with Gasteiger partial charge in [-0.1, -0.05) is 49.4 Å². The summed E-state index contributed by atoms with van der Waals surface area (Å²) in [4.78, 5) is 10.6. The van der Waals surface area contributed by atoms with Crippen LogP contribution in [0.2, 0.25) is 0 Å². The van der Waals surface area contributed by atoms with E-state index in [1.54, 1.807) is 0 Å². The summed E-state index contributed by atoms with van der Waals surface area (Å²) in [7, 11) is 0. The van der Waals surface area contributed by atoms with E-state index >= 15 is 0 Å². The van der Waals surface area contributed by atoms with Crippen LogP contribution in [-0.4, -0.2) is 11.1 Å². The van der Waals surface area contributed by atoms with Gasteiger partial charge in [0.25, 0.3) is 0 Å². The number of carboxylic acids is 1. The Bertz CT molecular complexity index is 1050. The molecule has 0 radical (unpaired) electrons. The first-order valence-electron chi connectivity index (χ1n) is 10.8. The maximum atomic E-state index is 13.9. The second kappa shape index (κ2) is 8.93. The van der Waals surface area contributed by atoms with Crippen LogP contribution < -0.4 is 4.74 Å². The van der Waals surface area contributed by atoms with E-state index in [9.17, 15) is 9.18 Å². The molecule has 0 bridgehead atoms. The van der Waals surface area contributed by atoms with Gasteiger partial charge in [-0.15, -0.1) is 0 Å². The van der Waals surface area contributed by atoms with Gasteiger partial charge in [0.2, 0.25) is 0 Å². The van der Waals surface area contributed by atoms with Gasteiger partial charge < -0.3 is 9.84 Å². The summed E-state index contributed by atoms with van der Waals surface area (Å²) in [5.41, 5.74) is 5.59. The lowest BCUT2D eigenvalue weighted by Crippen LogP contribution is -2.01. The van der Waals surface area contributed by atoms with Crippen molar-refractivity contribution in [3.8, 4) is 16.9 Å². The van der Waals surface area contributed by atoms with Crippen molar-refractivity contribution in [1.29, 1.82) is 0 Å². The van der Waals surface area contributed by atoms with Crippen LogP contribution in [0.1, 0.15) is 49.3 Å². The molecule has 4 heteroatoms. The maximum Gasteiger partial charge on any atom is 0.303 e. The summed E-state index contributed by atoms with van der Waals surface area (Å²) < 4.78 is 19.9. The minimum Gasteiger partial charge on any atom is -0.489 e. The third-order valence-electron chi connectivity index (χ3n) is 6.13. The van der Waals surface area contributed by atoms with Gasteiger partial charge in [-0.3, -0.25) is 4.79 Å². The second-order valence-electron chi connectivity index (χ2n) is 8.62. The molecule has 0 aliphatic heterocycles. The molecule has 31 heavy (non-hydrogen) atoms. The minimum absolute atomic E-state index is 0.167. The Morgan fingerprint density at radius 3 is 2.39 bits per heavy atom. The van der Waals surface area contributed by atoms with E-state index in [0.717, 1.165) is 28.7 Å². The van der Waals surface area contributed by atoms with Gasteiger partial charge in [-0.05, 0) is 83.2 Å². The number of aliphatic carboxylic acids is 1. The average molecular weight is 419 g/mol. The Morgan fingerprint density at radius 1 is 1.03 bits per heavy atom. The number of carboxylic acid groups (broad SMARTS) is 1. The van der Waals surface area contributed by atoms with Crippen LogP contribution in [-0.2, 0) is 23.2 Å². The van der Waals surface area contributed by atoms with Gasteiger partial charge in [0.05, 0.1) is 0 Å². The molecule has 160 valence electrons. The summed E-state index contributed by atoms with van der Waals surface area (Å²) in [6, 6.07) is 21.1. The molecule has 0 spiro atoms. The third kappa shape index (κ3) is 5.32. The number of carbonyl (C=O) groups is 1. The van der Waals surface area contributed by atoms with E-state index in [-0.39, 0.29) is 18.8 Å². The quantitative estimate of drug-likeness (QED) is 0.430. The van der Waals surface area contributed by atoms with Crippen molar-refractivity contribution in [2.24, 2.45) is 0 Å². The van der Waals surface area contributed by atoms with Crippen molar-refractivity contribution in [3.63, 3.8) is 0 Å². The van der Waals surface area contributed by atoms with E-state index in [2.05, 4.69) is 31.2 Å². The highest BCUT2D eigenvalue weighted by molar-refractivity contribution is 5.68. The number of halogens is 1. The number of rotatable bonds is 9. The topological polar surface area (TPSA) is 46.5 Å². The van der Waals surface area contributed by atoms with E-state index in [4.69, 9.17) is 9.84 Å². The van der Waals surface area contributed by atoms with Crippen molar-refractivity contribution in [2.75, 3.05) is 0 Å². The van der Waals surface area contributed by atoms with Gasteiger partial charge in [-0.2, -0.15) is 0 Å². The number of aryl methyl sites for hydroxylation is 1. The fourth-order valence-electron chi connectivity index (χ4n) is 3.85. The molecule has 1 aliphatic rings. The number of hydrogen-bond acceptors (Lipinski definition) is 2. The van der Waals surface area contributed by atoms with Gasteiger partial charge in [0, 0.05) is 6.42 Å². The molecule has 0 heterocycles. The molecule has 0 saturated heterocycles. The number of ether oxygens (including phenoxy) is 1. The number of hydrogen-bond donors (Lipinski definition) is 1. The zero-order valence-electron chi connectivity index (χ0n) is 17.7. The summed E-state index contributed by atoms with van der Waals surface area (Å²) in [5.74, 6) is -0.352. The van der Waals surface area contributed by atoms with Crippen molar-refractivity contribution in [1.82, 2.24) is 0 Å². The fraction of sp³-hybridized carbons (Fsp3) is 0.296. The first-order valence-corrected chi connectivity index (χ1v) is 10.8. The summed E-state index contributed by atoms with van der Waals surface area (Å²) in [6.07, 6.45) is 3.97. The monoisotopic (exact) mass is 418 g/mol. The largest absolute Gasteiger partial charge is 0.489 e. The standard InChI is InChI=1S/C27H27FO3/c1-27(15-16-27)22-9-7-20(8-10-22)25-14-11-23(28)17-21(25)18-31-24-12-5-19(6-13-24)3-2-4-26(29)30/h5-14,17H,2-4,15-16,18H2,1H3,(H,29,30). The van der Waals surface area contributed by atoms with Gasteiger partial charge in [0.15, 0.2) is 0 Å². The molecule has 1 aliphatic carbocycles. The molecule has 0 atom stereocenters. The lowest BCUT2D eigenvalue weighted by Gasteiger charge is -2.14. The Hall–Kier alpha value is -3.14. The van der Waals surface area contributed by atoms with E-state index < -0.39 is 5.97 Å². The second-order valence-corrected chi connectivity index (χ2v) is 8.62. The molecule has 3 aromatic rings. The highest BCUT2D eigenvalue weighted by Gasteiger charge is 2.38. The van der Waals surface area contributed by atoms with Gasteiger partial charge >= 0.3 is 5.97 Å². The van der Waals surface area contributed by atoms with Crippen LogP contribution in [0.25, 0.3) is 11.1 Å². The van der Waals surface area contributed by atoms with Crippen molar-refractivity contribution in [2.45, 2.75) is 51.0 Å². The summed E-state index contributed by atoms with van der Waals surface area (Å²) >= 11 is 0. The maximum absolute atomic E-state index is 13.9. The Balaban J connectivity index is 1.44. The van der Waals surface area contributed by atoms with Crippen molar-refractivity contribution < 1.29 is 19.0 Å². The van der Waals surface area contributed by atoms with Gasteiger partial charge in [0.1, 0.15) is 18.2 Å². The zero-order valence-corrected chi connectivity index (χ0v) is 17.7. The van der Waals surface area contributed by atoms with Crippen LogP contribution in [0, 0.1) is 5.82 Å². The highest BCUT2D eigenvalue weighted by atomic mass is 19.1. The van der Waals surface area contributed by atoms with Crippen LogP contribution >= 0.6 is 0 Å². The molecule has 1 N–H and O–H groups in total. The van der Waals surface area contributed by atoms with Crippen molar-refractivity contribution in [3.05, 3.63) is 89.2 Å². The molecule has 0 amide bonds. The normalized spacial score (nSPS) is 14.3. The smallest absolute Gasteiger partial charge is 0.303 e. The lowest BCUT2D eigenvalue weighted by atomic mass is 9.94. The van der Waals surface area contributed by atoms with E-state index in [1.165, 1.54) is 30.5 Å². The molecular weight excluding hydrogens is 391 g/mol. The van der Waals surface area contributed by atoms with Crippen LogP contribution in [0.4, 0.5) is 4.39 Å². The SMILES string of the molecule is CC1(c2ccc(-c3ccc(F)cc3COc3ccc(CCCC(=O)O)cc3)cc2)CC1. The fourth-order valence-corrected chi connectivity index (χ4v) is 3.85. The van der Waals surface area contributed by atoms with E-state index in [0.29, 0.717) is 17.6 Å². The molecule has 4 rings (SSSR count). The Morgan fingerprint density at radius 2 is 1.74 bits per heavy atom. The molecule has 1 saturated carbocycles. The summed E-state index contributed by atoms with van der Waals surface area (Å²) in [6.45, 7) is 2.56. The van der Waals surface area contributed by atoms with Gasteiger partial charge in [-0.25, -0.2) is 4.39 Å².